The number of aliphatic hydroxyl groups excluding tert-OH is 3. The zero-order valence-electron chi connectivity index (χ0n) is 21.7. The van der Waals surface area contributed by atoms with Crippen LogP contribution in [-0.2, 0) is 0 Å². The van der Waals surface area contributed by atoms with E-state index in [1.54, 1.807) is 0 Å². The van der Waals surface area contributed by atoms with E-state index >= 15 is 0 Å². The van der Waals surface area contributed by atoms with Crippen molar-refractivity contribution in [2.24, 2.45) is 23.2 Å². The minimum absolute atomic E-state index is 0.0833. The molecule has 0 saturated heterocycles. The lowest BCUT2D eigenvalue weighted by Gasteiger charge is -2.44. The first-order valence-electron chi connectivity index (χ1n) is 13.4. The molecular weight excluding hydrogens is 424 g/mol. The maximum atomic E-state index is 10.9. The molecule has 0 unspecified atom stereocenters. The van der Waals surface area contributed by atoms with Crippen molar-refractivity contribution < 1.29 is 20.4 Å². The Bertz CT molecular complexity index is 855. The predicted molar refractivity (Wildman–Crippen MR) is 138 cm³/mol. The van der Waals surface area contributed by atoms with Crippen molar-refractivity contribution in [3.05, 3.63) is 35.5 Å². The van der Waals surface area contributed by atoms with Crippen molar-refractivity contribution in [1.29, 1.82) is 0 Å². The topological polar surface area (TPSA) is 80.9 Å². The quantitative estimate of drug-likeness (QED) is 0.409. The highest BCUT2D eigenvalue weighted by Gasteiger charge is 2.51. The van der Waals surface area contributed by atoms with E-state index in [-0.39, 0.29) is 11.3 Å². The van der Waals surface area contributed by atoms with Gasteiger partial charge in [-0.05, 0) is 85.7 Å². The lowest BCUT2D eigenvalue weighted by atomic mass is 9.60. The molecule has 3 aliphatic carbocycles. The van der Waals surface area contributed by atoms with Gasteiger partial charge in [-0.2, -0.15) is 0 Å². The van der Waals surface area contributed by atoms with Crippen LogP contribution in [0, 0.1) is 35.0 Å². The highest BCUT2D eigenvalue weighted by Crippen LogP contribution is 2.59. The third-order valence-corrected chi connectivity index (χ3v) is 9.42. The van der Waals surface area contributed by atoms with Gasteiger partial charge in [0.15, 0.2) is 0 Å². The molecule has 0 aromatic rings. The van der Waals surface area contributed by atoms with Crippen LogP contribution in [0.3, 0.4) is 0 Å². The predicted octanol–water partition coefficient (Wildman–Crippen LogP) is 5.07. The van der Waals surface area contributed by atoms with Crippen LogP contribution in [0.4, 0.5) is 0 Å². The molecule has 4 nitrogen and oxygen atoms in total. The smallest absolute Gasteiger partial charge is 0.117 e. The van der Waals surface area contributed by atoms with Gasteiger partial charge in [0.2, 0.25) is 0 Å². The van der Waals surface area contributed by atoms with E-state index in [0.29, 0.717) is 43.9 Å². The van der Waals surface area contributed by atoms with Crippen molar-refractivity contribution in [1.82, 2.24) is 0 Å². The summed E-state index contributed by atoms with van der Waals surface area (Å²) >= 11 is 0. The number of aliphatic hydroxyl groups is 4. The second-order valence-electron chi connectivity index (χ2n) is 11.4. The molecule has 0 aromatic carbocycles. The Morgan fingerprint density at radius 2 is 1.91 bits per heavy atom. The molecule has 3 aliphatic rings. The van der Waals surface area contributed by atoms with E-state index in [0.717, 1.165) is 43.3 Å². The third kappa shape index (κ3) is 5.71. The Hall–Kier alpha value is -1.38. The molecular formula is C30H46O4. The van der Waals surface area contributed by atoms with Gasteiger partial charge in [-0.1, -0.05) is 63.8 Å². The summed E-state index contributed by atoms with van der Waals surface area (Å²) in [6.45, 7) is 12.5. The lowest BCUT2D eigenvalue weighted by Crippen LogP contribution is -2.39. The van der Waals surface area contributed by atoms with Gasteiger partial charge in [-0.25, -0.2) is 0 Å². The van der Waals surface area contributed by atoms with E-state index in [1.807, 2.05) is 13.8 Å². The minimum atomic E-state index is -0.756. The molecule has 190 valence electrons. The monoisotopic (exact) mass is 470 g/mol. The number of rotatable bonds is 6. The van der Waals surface area contributed by atoms with Gasteiger partial charge in [-0.15, -0.1) is 0 Å². The summed E-state index contributed by atoms with van der Waals surface area (Å²) in [6, 6.07) is 0. The first kappa shape index (κ1) is 27.2. The van der Waals surface area contributed by atoms with Gasteiger partial charge in [0, 0.05) is 12.8 Å². The number of hydrogen-bond acceptors (Lipinski definition) is 4. The molecule has 3 saturated carbocycles. The fourth-order valence-corrected chi connectivity index (χ4v) is 6.78. The molecule has 0 spiro atoms. The highest BCUT2D eigenvalue weighted by atomic mass is 16.3. The molecule has 0 amide bonds. The van der Waals surface area contributed by atoms with E-state index in [4.69, 9.17) is 0 Å². The fourth-order valence-electron chi connectivity index (χ4n) is 6.78. The van der Waals surface area contributed by atoms with Gasteiger partial charge in [0.25, 0.3) is 0 Å². The summed E-state index contributed by atoms with van der Waals surface area (Å²) in [5.74, 6) is 7.11. The maximum absolute atomic E-state index is 10.9. The summed E-state index contributed by atoms with van der Waals surface area (Å²) in [6.07, 6.45) is 10.7. The Morgan fingerprint density at radius 3 is 2.59 bits per heavy atom. The normalized spacial score (nSPS) is 36.2. The minimum Gasteiger partial charge on any atom is -0.393 e. The van der Waals surface area contributed by atoms with Crippen LogP contribution in [0.15, 0.2) is 35.5 Å². The van der Waals surface area contributed by atoms with Crippen molar-refractivity contribution >= 4 is 0 Å². The molecule has 0 aromatic heterocycles. The number of allylic oxidation sites excluding steroid dienone is 3. The van der Waals surface area contributed by atoms with E-state index in [2.05, 4.69) is 44.4 Å². The molecule has 3 rings (SSSR count). The van der Waals surface area contributed by atoms with E-state index < -0.39 is 23.9 Å². The van der Waals surface area contributed by atoms with Crippen molar-refractivity contribution in [2.45, 2.75) is 116 Å². The van der Waals surface area contributed by atoms with Gasteiger partial charge < -0.3 is 20.4 Å². The Kier molecular flexibility index (Phi) is 8.90. The number of hydrogen-bond donors (Lipinski definition) is 4. The van der Waals surface area contributed by atoms with E-state index in [9.17, 15) is 20.4 Å². The van der Waals surface area contributed by atoms with Gasteiger partial charge in [0.1, 0.15) is 6.10 Å². The van der Waals surface area contributed by atoms with Crippen LogP contribution in [0.25, 0.3) is 0 Å². The molecule has 3 fully saturated rings. The summed E-state index contributed by atoms with van der Waals surface area (Å²) in [4.78, 5) is 0. The van der Waals surface area contributed by atoms with Crippen LogP contribution in [0.2, 0.25) is 0 Å². The maximum Gasteiger partial charge on any atom is 0.117 e. The molecule has 0 bridgehead atoms. The zero-order chi connectivity index (χ0) is 25.1. The molecule has 0 radical (unpaired) electrons. The van der Waals surface area contributed by atoms with Crippen molar-refractivity contribution in [3.8, 4) is 11.8 Å². The standard InChI is InChI=1S/C30H46O4/c1-6-30(34,7-2)17-9-11-27(32)21(4)25-14-15-26-22(10-8-16-29(25,26)5)12-13-23-18-24(31)19-28(33)20(23)3/h12-13,21,24-28,31-34H,3,6-8,10,14-19H2,1-2,4-5H3/b22-12+,23-13+/t21-,24-,25-,26+,27+,28+,29-/m1/s1. The molecule has 4 heteroatoms. The Balaban J connectivity index is 1.73. The fraction of sp³-hybridized carbons (Fsp3) is 0.733. The average molecular weight is 471 g/mol. The Labute approximate surface area is 206 Å². The number of fused-ring (bicyclic) bond motifs is 1. The van der Waals surface area contributed by atoms with Crippen molar-refractivity contribution in [3.63, 3.8) is 0 Å². The molecule has 0 heterocycles. The molecule has 34 heavy (non-hydrogen) atoms. The summed E-state index contributed by atoms with van der Waals surface area (Å²) in [5.41, 5.74) is 2.53. The largest absolute Gasteiger partial charge is 0.393 e. The SMILES string of the molecule is C=C1/C(=C/C=C2\CCC[C@]3(C)[C@@H]([C@@H](C)[C@@H](O)C#CCC(O)(CC)CC)CC[C@@H]23)C[C@@H](O)C[C@@H]1O. The van der Waals surface area contributed by atoms with Crippen molar-refractivity contribution in [2.75, 3.05) is 0 Å². The summed E-state index contributed by atoms with van der Waals surface area (Å²) in [5, 5.41) is 41.6. The zero-order valence-corrected chi connectivity index (χ0v) is 21.7. The Morgan fingerprint density at radius 1 is 1.21 bits per heavy atom. The van der Waals surface area contributed by atoms with Crippen LogP contribution in [-0.4, -0.2) is 44.3 Å². The first-order valence-corrected chi connectivity index (χ1v) is 13.4. The van der Waals surface area contributed by atoms with Crippen LogP contribution >= 0.6 is 0 Å². The van der Waals surface area contributed by atoms with E-state index in [1.165, 1.54) is 5.57 Å². The highest BCUT2D eigenvalue weighted by molar-refractivity contribution is 5.38. The summed E-state index contributed by atoms with van der Waals surface area (Å²) in [7, 11) is 0. The van der Waals surface area contributed by atoms with Crippen LogP contribution < -0.4 is 0 Å². The summed E-state index contributed by atoms with van der Waals surface area (Å²) < 4.78 is 0. The second kappa shape index (κ2) is 11.1. The molecule has 7 atom stereocenters. The average Bonchev–Trinajstić information content (AvgIpc) is 3.17. The second-order valence-corrected chi connectivity index (χ2v) is 11.4. The first-order chi connectivity index (χ1) is 16.0. The lowest BCUT2D eigenvalue weighted by molar-refractivity contribution is 0.0364. The van der Waals surface area contributed by atoms with Crippen LogP contribution in [0.1, 0.15) is 91.9 Å². The van der Waals surface area contributed by atoms with Gasteiger partial charge in [-0.3, -0.25) is 0 Å². The van der Waals surface area contributed by atoms with Gasteiger partial charge >= 0.3 is 0 Å². The molecule has 0 aliphatic heterocycles. The third-order valence-electron chi connectivity index (χ3n) is 9.42. The van der Waals surface area contributed by atoms with Crippen LogP contribution in [0.5, 0.6) is 0 Å². The molecule has 4 N–H and O–H groups in total. The van der Waals surface area contributed by atoms with Gasteiger partial charge in [0.05, 0.1) is 17.8 Å².